The van der Waals surface area contributed by atoms with Crippen molar-refractivity contribution < 1.29 is 4.79 Å². The lowest BCUT2D eigenvalue weighted by molar-refractivity contribution is 0.103. The third kappa shape index (κ3) is 2.43. The molecular formula is C15H12Br2O. The van der Waals surface area contributed by atoms with Gasteiger partial charge in [0.05, 0.1) is 0 Å². The minimum Gasteiger partial charge on any atom is -0.289 e. The lowest BCUT2D eigenvalue weighted by atomic mass is 9.96. The fraction of sp³-hybridized carbons (Fsp3) is 0.133. The minimum atomic E-state index is 0.0626. The van der Waals surface area contributed by atoms with Crippen LogP contribution in [0.15, 0.2) is 45.3 Å². The van der Waals surface area contributed by atoms with Gasteiger partial charge in [0.25, 0.3) is 0 Å². The van der Waals surface area contributed by atoms with E-state index in [2.05, 4.69) is 31.9 Å². The molecule has 0 heterocycles. The molecule has 0 saturated heterocycles. The summed E-state index contributed by atoms with van der Waals surface area (Å²) in [5.41, 5.74) is 3.43. The van der Waals surface area contributed by atoms with E-state index >= 15 is 0 Å². The summed E-state index contributed by atoms with van der Waals surface area (Å²) in [6.45, 7) is 3.90. The summed E-state index contributed by atoms with van der Waals surface area (Å²) in [6.07, 6.45) is 0. The van der Waals surface area contributed by atoms with Crippen molar-refractivity contribution in [3.8, 4) is 0 Å². The number of halogens is 2. The van der Waals surface area contributed by atoms with Crippen LogP contribution in [0.5, 0.6) is 0 Å². The Hall–Kier alpha value is -0.930. The summed E-state index contributed by atoms with van der Waals surface area (Å²) in [5, 5.41) is 0. The molecule has 92 valence electrons. The normalized spacial score (nSPS) is 10.4. The van der Waals surface area contributed by atoms with Crippen LogP contribution < -0.4 is 0 Å². The monoisotopic (exact) mass is 366 g/mol. The predicted molar refractivity (Wildman–Crippen MR) is 81.2 cm³/mol. The molecule has 0 unspecified atom stereocenters. The zero-order chi connectivity index (χ0) is 13.3. The van der Waals surface area contributed by atoms with Gasteiger partial charge in [0.1, 0.15) is 0 Å². The van der Waals surface area contributed by atoms with Crippen molar-refractivity contribution in [3.63, 3.8) is 0 Å². The topological polar surface area (TPSA) is 17.1 Å². The maximum Gasteiger partial charge on any atom is 0.193 e. The maximum absolute atomic E-state index is 12.6. The van der Waals surface area contributed by atoms with Crippen LogP contribution in [0.2, 0.25) is 0 Å². The Balaban J connectivity index is 2.55. The zero-order valence-electron chi connectivity index (χ0n) is 10.1. The summed E-state index contributed by atoms with van der Waals surface area (Å²) in [7, 11) is 0. The SMILES string of the molecule is Cc1c(Br)cccc1C(=O)c1cccc(Br)c1C. The first kappa shape index (κ1) is 13.5. The Morgan fingerprint density at radius 1 is 0.833 bits per heavy atom. The van der Waals surface area contributed by atoms with Crippen molar-refractivity contribution in [2.45, 2.75) is 13.8 Å². The molecule has 0 atom stereocenters. The number of rotatable bonds is 2. The molecular weight excluding hydrogens is 356 g/mol. The number of ketones is 1. The van der Waals surface area contributed by atoms with Gasteiger partial charge in [-0.2, -0.15) is 0 Å². The number of carbonyl (C=O) groups is 1. The molecule has 0 bridgehead atoms. The van der Waals surface area contributed by atoms with Gasteiger partial charge in [-0.05, 0) is 37.1 Å². The van der Waals surface area contributed by atoms with Gasteiger partial charge in [-0.1, -0.05) is 56.1 Å². The Bertz CT molecular complexity index is 564. The van der Waals surface area contributed by atoms with Gasteiger partial charge in [0.2, 0.25) is 0 Å². The van der Waals surface area contributed by atoms with Crippen molar-refractivity contribution in [3.05, 3.63) is 67.6 Å². The Morgan fingerprint density at radius 2 is 1.22 bits per heavy atom. The smallest absolute Gasteiger partial charge is 0.193 e. The van der Waals surface area contributed by atoms with Crippen molar-refractivity contribution in [2.75, 3.05) is 0 Å². The lowest BCUT2D eigenvalue weighted by Crippen LogP contribution is -2.06. The molecule has 0 radical (unpaired) electrons. The van der Waals surface area contributed by atoms with E-state index in [4.69, 9.17) is 0 Å². The molecule has 2 rings (SSSR count). The summed E-state index contributed by atoms with van der Waals surface area (Å²) >= 11 is 6.92. The van der Waals surface area contributed by atoms with Crippen LogP contribution in [-0.2, 0) is 0 Å². The molecule has 0 spiro atoms. The van der Waals surface area contributed by atoms with Crippen LogP contribution in [-0.4, -0.2) is 5.78 Å². The van der Waals surface area contributed by atoms with Crippen molar-refractivity contribution in [2.24, 2.45) is 0 Å². The van der Waals surface area contributed by atoms with Gasteiger partial charge in [0, 0.05) is 20.1 Å². The molecule has 0 aliphatic carbocycles. The Morgan fingerprint density at radius 3 is 1.61 bits per heavy atom. The summed E-state index contributed by atoms with van der Waals surface area (Å²) < 4.78 is 1.92. The van der Waals surface area contributed by atoms with Gasteiger partial charge in [-0.15, -0.1) is 0 Å². The van der Waals surface area contributed by atoms with Crippen LogP contribution in [0.4, 0.5) is 0 Å². The van der Waals surface area contributed by atoms with Crippen LogP contribution in [0, 0.1) is 13.8 Å². The van der Waals surface area contributed by atoms with E-state index in [1.807, 2.05) is 50.2 Å². The highest BCUT2D eigenvalue weighted by Gasteiger charge is 2.15. The van der Waals surface area contributed by atoms with E-state index in [9.17, 15) is 4.79 Å². The van der Waals surface area contributed by atoms with E-state index in [1.54, 1.807) is 0 Å². The van der Waals surface area contributed by atoms with Gasteiger partial charge in [-0.3, -0.25) is 4.79 Å². The molecule has 0 aliphatic heterocycles. The highest BCUT2D eigenvalue weighted by Crippen LogP contribution is 2.25. The largest absolute Gasteiger partial charge is 0.289 e. The number of carbonyl (C=O) groups excluding carboxylic acids is 1. The van der Waals surface area contributed by atoms with Crippen LogP contribution in [0.3, 0.4) is 0 Å². The van der Waals surface area contributed by atoms with Crippen molar-refractivity contribution in [1.29, 1.82) is 0 Å². The standard InChI is InChI=1S/C15H12Br2O/c1-9-11(5-3-7-13(9)16)15(18)12-6-4-8-14(17)10(12)2/h3-8H,1-2H3. The Labute approximate surface area is 123 Å². The van der Waals surface area contributed by atoms with E-state index in [0.29, 0.717) is 0 Å². The molecule has 0 saturated carbocycles. The van der Waals surface area contributed by atoms with Crippen molar-refractivity contribution in [1.82, 2.24) is 0 Å². The highest BCUT2D eigenvalue weighted by molar-refractivity contribution is 9.10. The summed E-state index contributed by atoms with van der Waals surface area (Å²) in [4.78, 5) is 12.6. The lowest BCUT2D eigenvalue weighted by Gasteiger charge is -2.10. The third-order valence-electron chi connectivity index (χ3n) is 3.02. The molecule has 2 aromatic carbocycles. The van der Waals surface area contributed by atoms with Crippen LogP contribution in [0.25, 0.3) is 0 Å². The third-order valence-corrected chi connectivity index (χ3v) is 4.74. The minimum absolute atomic E-state index is 0.0626. The first-order chi connectivity index (χ1) is 8.52. The average molecular weight is 368 g/mol. The molecule has 0 aliphatic rings. The second-order valence-electron chi connectivity index (χ2n) is 4.15. The molecule has 0 aromatic heterocycles. The Kier molecular flexibility index (Phi) is 4.03. The van der Waals surface area contributed by atoms with Gasteiger partial charge in [-0.25, -0.2) is 0 Å². The maximum atomic E-state index is 12.6. The fourth-order valence-electron chi connectivity index (χ4n) is 1.85. The van der Waals surface area contributed by atoms with Crippen LogP contribution in [0.1, 0.15) is 27.0 Å². The molecule has 3 heteroatoms. The first-order valence-corrected chi connectivity index (χ1v) is 7.16. The zero-order valence-corrected chi connectivity index (χ0v) is 13.3. The second-order valence-corrected chi connectivity index (χ2v) is 5.86. The van der Waals surface area contributed by atoms with Crippen LogP contribution >= 0.6 is 31.9 Å². The van der Waals surface area contributed by atoms with Gasteiger partial charge in [0.15, 0.2) is 5.78 Å². The average Bonchev–Trinajstić information content (AvgIpc) is 2.35. The van der Waals surface area contributed by atoms with E-state index in [0.717, 1.165) is 31.2 Å². The van der Waals surface area contributed by atoms with E-state index in [1.165, 1.54) is 0 Å². The quantitative estimate of drug-likeness (QED) is 0.678. The summed E-state index contributed by atoms with van der Waals surface area (Å²) in [5.74, 6) is 0.0626. The van der Waals surface area contributed by atoms with Gasteiger partial charge >= 0.3 is 0 Å². The predicted octanol–water partition coefficient (Wildman–Crippen LogP) is 5.06. The highest BCUT2D eigenvalue weighted by atomic mass is 79.9. The number of hydrogen-bond donors (Lipinski definition) is 0. The molecule has 2 aromatic rings. The van der Waals surface area contributed by atoms with Gasteiger partial charge < -0.3 is 0 Å². The second kappa shape index (κ2) is 5.37. The van der Waals surface area contributed by atoms with E-state index < -0.39 is 0 Å². The number of hydrogen-bond acceptors (Lipinski definition) is 1. The fourth-order valence-corrected chi connectivity index (χ4v) is 2.58. The van der Waals surface area contributed by atoms with E-state index in [-0.39, 0.29) is 5.78 Å². The molecule has 0 amide bonds. The molecule has 0 fully saturated rings. The molecule has 0 N–H and O–H groups in total. The number of benzene rings is 2. The summed E-state index contributed by atoms with van der Waals surface area (Å²) in [6, 6.07) is 11.4. The van der Waals surface area contributed by atoms with Crippen molar-refractivity contribution >= 4 is 37.6 Å². The molecule has 1 nitrogen and oxygen atoms in total. The molecule has 18 heavy (non-hydrogen) atoms. The first-order valence-electron chi connectivity index (χ1n) is 5.57.